The smallest absolute Gasteiger partial charge is 0.416 e. The van der Waals surface area contributed by atoms with Crippen LogP contribution in [0.5, 0.6) is 0 Å². The highest BCUT2D eigenvalue weighted by atomic mass is 35.5. The molecule has 1 aromatic carbocycles. The summed E-state index contributed by atoms with van der Waals surface area (Å²) < 4.78 is 40.0. The van der Waals surface area contributed by atoms with E-state index in [1.54, 1.807) is 18.4 Å². The first-order chi connectivity index (χ1) is 12.1. The number of benzene rings is 1. The Hall–Kier alpha value is -2.61. The van der Waals surface area contributed by atoms with E-state index in [0.29, 0.717) is 28.1 Å². The van der Waals surface area contributed by atoms with Gasteiger partial charge in [0.2, 0.25) is 0 Å². The number of nitrogens with zero attached hydrogens (tertiary/aromatic N) is 3. The van der Waals surface area contributed by atoms with Crippen molar-refractivity contribution >= 4 is 28.7 Å². The van der Waals surface area contributed by atoms with Crippen LogP contribution in [0.4, 0.5) is 13.2 Å². The molecule has 3 rings (SSSR count). The third-order valence-corrected chi connectivity index (χ3v) is 4.36. The Labute approximate surface area is 151 Å². The van der Waals surface area contributed by atoms with Crippen LogP contribution in [0, 0.1) is 13.8 Å². The van der Waals surface area contributed by atoms with Gasteiger partial charge in [0.15, 0.2) is 11.3 Å². The number of carboxylic acids is 1. The molecule has 0 saturated heterocycles. The fourth-order valence-corrected chi connectivity index (χ4v) is 2.91. The number of aryl methyl sites for hydroxylation is 2. The zero-order valence-corrected chi connectivity index (χ0v) is 14.5. The normalized spacial score (nSPS) is 11.9. The first kappa shape index (κ1) is 18.2. The first-order valence-electron chi connectivity index (χ1n) is 7.51. The minimum Gasteiger partial charge on any atom is -0.477 e. The van der Waals surface area contributed by atoms with Gasteiger partial charge in [-0.2, -0.15) is 13.2 Å². The number of alkyl halides is 3. The van der Waals surface area contributed by atoms with E-state index in [-0.39, 0.29) is 17.3 Å². The summed E-state index contributed by atoms with van der Waals surface area (Å²) in [5.74, 6) is -0.623. The zero-order chi connectivity index (χ0) is 19.2. The number of imidazole rings is 1. The number of aromatic nitrogens is 3. The molecule has 5 nitrogen and oxygen atoms in total. The van der Waals surface area contributed by atoms with Gasteiger partial charge in [-0.15, -0.1) is 0 Å². The molecule has 0 radical (unpaired) electrons. The first-order valence-corrected chi connectivity index (χ1v) is 7.89. The van der Waals surface area contributed by atoms with Gasteiger partial charge in [-0.1, -0.05) is 17.7 Å². The molecular formula is C17H13ClF3N3O2. The number of rotatable bonds is 3. The summed E-state index contributed by atoms with van der Waals surface area (Å²) in [5.41, 5.74) is 1.01. The molecule has 136 valence electrons. The Kier molecular flexibility index (Phi) is 4.39. The number of halogens is 4. The lowest BCUT2D eigenvalue weighted by Gasteiger charge is -2.12. The molecule has 0 aliphatic heterocycles. The monoisotopic (exact) mass is 383 g/mol. The van der Waals surface area contributed by atoms with Crippen LogP contribution in [0.15, 0.2) is 24.3 Å². The Morgan fingerprint density at radius 3 is 2.50 bits per heavy atom. The van der Waals surface area contributed by atoms with Crippen LogP contribution in [-0.4, -0.2) is 25.6 Å². The highest BCUT2D eigenvalue weighted by Gasteiger charge is 2.31. The summed E-state index contributed by atoms with van der Waals surface area (Å²) >= 11 is 6.02. The molecular weight excluding hydrogens is 371 g/mol. The van der Waals surface area contributed by atoms with Gasteiger partial charge in [-0.3, -0.25) is 0 Å². The fourth-order valence-electron chi connectivity index (χ4n) is 2.67. The highest BCUT2D eigenvalue weighted by molar-refractivity contribution is 6.31. The summed E-state index contributed by atoms with van der Waals surface area (Å²) in [6.07, 6.45) is -4.48. The number of hydrogen-bond donors (Lipinski definition) is 1. The maximum absolute atomic E-state index is 12.8. The average Bonchev–Trinajstić information content (AvgIpc) is 2.85. The van der Waals surface area contributed by atoms with Gasteiger partial charge in [-0.05, 0) is 43.2 Å². The van der Waals surface area contributed by atoms with Crippen molar-refractivity contribution in [2.24, 2.45) is 0 Å². The van der Waals surface area contributed by atoms with Crippen LogP contribution in [-0.2, 0) is 12.7 Å². The zero-order valence-electron chi connectivity index (χ0n) is 13.7. The molecule has 26 heavy (non-hydrogen) atoms. The number of aromatic carboxylic acids is 1. The Morgan fingerprint density at radius 1 is 1.23 bits per heavy atom. The summed E-state index contributed by atoms with van der Waals surface area (Å²) in [5, 5.41) is 9.15. The minimum atomic E-state index is -4.48. The molecule has 0 aliphatic carbocycles. The van der Waals surface area contributed by atoms with Crippen molar-refractivity contribution in [3.63, 3.8) is 0 Å². The van der Waals surface area contributed by atoms with E-state index in [4.69, 9.17) is 11.6 Å². The number of hydrogen-bond acceptors (Lipinski definition) is 3. The summed E-state index contributed by atoms with van der Waals surface area (Å²) in [7, 11) is 0. The Morgan fingerprint density at radius 2 is 1.92 bits per heavy atom. The molecule has 0 bridgehead atoms. The van der Waals surface area contributed by atoms with Crippen molar-refractivity contribution in [1.29, 1.82) is 0 Å². The van der Waals surface area contributed by atoms with E-state index < -0.39 is 17.7 Å². The third-order valence-electron chi connectivity index (χ3n) is 4.01. The van der Waals surface area contributed by atoms with Crippen LogP contribution in [0.3, 0.4) is 0 Å². The van der Waals surface area contributed by atoms with Crippen LogP contribution in [0.25, 0.3) is 11.2 Å². The fraction of sp³-hybridized carbons (Fsp3) is 0.235. The second-order valence-corrected chi connectivity index (χ2v) is 6.26. The molecule has 2 heterocycles. The van der Waals surface area contributed by atoms with Crippen molar-refractivity contribution < 1.29 is 23.1 Å². The molecule has 0 unspecified atom stereocenters. The van der Waals surface area contributed by atoms with Crippen molar-refractivity contribution in [2.45, 2.75) is 26.6 Å². The SMILES string of the molecule is Cc1cc(C(=O)O)nc2c1nc(C)n2Cc1ccc(C(F)(F)F)cc1Cl. The number of carboxylic acid groups (broad SMARTS) is 1. The van der Waals surface area contributed by atoms with Gasteiger partial charge in [0, 0.05) is 5.02 Å². The topological polar surface area (TPSA) is 68.0 Å². The van der Waals surface area contributed by atoms with Crippen LogP contribution < -0.4 is 0 Å². The van der Waals surface area contributed by atoms with Crippen molar-refractivity contribution in [3.8, 4) is 0 Å². The van der Waals surface area contributed by atoms with Crippen LogP contribution in [0.2, 0.25) is 5.02 Å². The third kappa shape index (κ3) is 3.24. The molecule has 3 aromatic rings. The van der Waals surface area contributed by atoms with E-state index in [1.807, 2.05) is 0 Å². The van der Waals surface area contributed by atoms with Gasteiger partial charge < -0.3 is 9.67 Å². The molecule has 9 heteroatoms. The van der Waals surface area contributed by atoms with Gasteiger partial charge in [-0.25, -0.2) is 14.8 Å². The second-order valence-electron chi connectivity index (χ2n) is 5.85. The number of pyridine rings is 1. The predicted molar refractivity (Wildman–Crippen MR) is 89.5 cm³/mol. The van der Waals surface area contributed by atoms with Crippen molar-refractivity contribution in [2.75, 3.05) is 0 Å². The standard InChI is InChI=1S/C17H13ClF3N3O2/c1-8-5-13(16(25)26)23-15-14(8)22-9(2)24(15)7-10-3-4-11(6-12(10)18)17(19,20)21/h3-6H,7H2,1-2H3,(H,25,26). The Balaban J connectivity index is 2.09. The van der Waals surface area contributed by atoms with E-state index in [1.165, 1.54) is 12.1 Å². The minimum absolute atomic E-state index is 0.0350. The van der Waals surface area contributed by atoms with Crippen molar-refractivity contribution in [3.05, 3.63) is 57.5 Å². The molecule has 0 saturated carbocycles. The lowest BCUT2D eigenvalue weighted by molar-refractivity contribution is -0.137. The van der Waals surface area contributed by atoms with E-state index in [0.717, 1.165) is 12.1 Å². The molecule has 0 atom stereocenters. The summed E-state index contributed by atoms with van der Waals surface area (Å²) in [6, 6.07) is 4.54. The number of fused-ring (bicyclic) bond motifs is 1. The van der Waals surface area contributed by atoms with Crippen LogP contribution in [0.1, 0.15) is 33.0 Å². The maximum Gasteiger partial charge on any atom is 0.416 e. The van der Waals surface area contributed by atoms with Gasteiger partial charge in [0.1, 0.15) is 11.3 Å². The number of carbonyl (C=O) groups is 1. The van der Waals surface area contributed by atoms with Crippen molar-refractivity contribution in [1.82, 2.24) is 14.5 Å². The highest BCUT2D eigenvalue weighted by Crippen LogP contribution is 2.32. The molecule has 0 aliphatic rings. The molecule has 1 N–H and O–H groups in total. The quantitative estimate of drug-likeness (QED) is 0.724. The average molecular weight is 384 g/mol. The van der Waals surface area contributed by atoms with E-state index in [9.17, 15) is 23.1 Å². The van der Waals surface area contributed by atoms with E-state index in [2.05, 4.69) is 9.97 Å². The lowest BCUT2D eigenvalue weighted by Crippen LogP contribution is -2.08. The van der Waals surface area contributed by atoms with Gasteiger partial charge in [0.25, 0.3) is 0 Å². The predicted octanol–water partition coefficient (Wildman–Crippen LogP) is 4.47. The molecule has 0 amide bonds. The second kappa shape index (κ2) is 6.28. The van der Waals surface area contributed by atoms with Gasteiger partial charge >= 0.3 is 12.1 Å². The maximum atomic E-state index is 12.8. The van der Waals surface area contributed by atoms with Crippen LogP contribution >= 0.6 is 11.6 Å². The van der Waals surface area contributed by atoms with E-state index >= 15 is 0 Å². The molecule has 0 spiro atoms. The lowest BCUT2D eigenvalue weighted by atomic mass is 10.1. The largest absolute Gasteiger partial charge is 0.477 e. The summed E-state index contributed by atoms with van der Waals surface area (Å²) in [4.78, 5) is 19.7. The summed E-state index contributed by atoms with van der Waals surface area (Å²) in [6.45, 7) is 3.55. The van der Waals surface area contributed by atoms with Gasteiger partial charge in [0.05, 0.1) is 12.1 Å². The molecule has 2 aromatic heterocycles. The Bertz CT molecular complexity index is 1030. The molecule has 0 fully saturated rings.